The Morgan fingerprint density at radius 3 is 2.68 bits per heavy atom. The Morgan fingerprint density at radius 2 is 2.05 bits per heavy atom. The van der Waals surface area contributed by atoms with E-state index in [2.05, 4.69) is 10.2 Å². The molecule has 0 unspecified atom stereocenters. The van der Waals surface area contributed by atoms with E-state index in [1.165, 1.54) is 0 Å². The Bertz CT molecular complexity index is 515. The van der Waals surface area contributed by atoms with Crippen LogP contribution in [0.2, 0.25) is 0 Å². The van der Waals surface area contributed by atoms with Crippen LogP contribution in [0.5, 0.6) is 0 Å². The zero-order valence-corrected chi connectivity index (χ0v) is 11.4. The van der Waals surface area contributed by atoms with Crippen LogP contribution in [0.25, 0.3) is 0 Å². The first-order valence-electron chi connectivity index (χ1n) is 6.47. The number of hydrogen-bond acceptors (Lipinski definition) is 4. The van der Waals surface area contributed by atoms with Crippen molar-refractivity contribution < 1.29 is 4.79 Å². The number of carbonyl (C=O) groups excluding carboxylic acids is 1. The minimum Gasteiger partial charge on any atom is -0.342 e. The number of piperidine rings is 1. The van der Waals surface area contributed by atoms with Gasteiger partial charge in [-0.25, -0.2) is 0 Å². The van der Waals surface area contributed by atoms with Gasteiger partial charge in [0.05, 0.1) is 24.9 Å². The van der Waals surface area contributed by atoms with Crippen molar-refractivity contribution in [1.82, 2.24) is 19.9 Å². The summed E-state index contributed by atoms with van der Waals surface area (Å²) in [6.07, 6.45) is 5.80. The second-order valence-corrected chi connectivity index (χ2v) is 5.55. The first-order valence-corrected chi connectivity index (χ1v) is 7.42. The van der Waals surface area contributed by atoms with Crippen LogP contribution in [-0.4, -0.2) is 38.9 Å². The maximum atomic E-state index is 12.2. The fourth-order valence-corrected chi connectivity index (χ4v) is 3.11. The van der Waals surface area contributed by atoms with Crippen molar-refractivity contribution in [1.29, 1.82) is 0 Å². The molecule has 3 heterocycles. The fourth-order valence-electron chi connectivity index (χ4n) is 2.44. The lowest BCUT2D eigenvalue weighted by Crippen LogP contribution is -2.40. The summed E-state index contributed by atoms with van der Waals surface area (Å²) in [4.78, 5) is 15.9. The van der Waals surface area contributed by atoms with E-state index >= 15 is 0 Å². The summed E-state index contributed by atoms with van der Waals surface area (Å²) in [5.74, 6) is 0.227. The normalized spacial score (nSPS) is 16.7. The molecule has 2 aromatic heterocycles. The van der Waals surface area contributed by atoms with E-state index in [0.717, 1.165) is 31.5 Å². The zero-order chi connectivity index (χ0) is 13.1. The molecule has 1 aliphatic heterocycles. The minimum absolute atomic E-state index is 0.227. The predicted molar refractivity (Wildman–Crippen MR) is 72.9 cm³/mol. The summed E-state index contributed by atoms with van der Waals surface area (Å²) in [6.45, 7) is 1.60. The molecule has 100 valence electrons. The van der Waals surface area contributed by atoms with E-state index in [0.29, 0.717) is 12.5 Å². The quantitative estimate of drug-likeness (QED) is 0.858. The van der Waals surface area contributed by atoms with Crippen molar-refractivity contribution in [2.45, 2.75) is 25.3 Å². The lowest BCUT2D eigenvalue weighted by atomic mass is 10.0. The van der Waals surface area contributed by atoms with Crippen LogP contribution in [0.4, 0.5) is 0 Å². The van der Waals surface area contributed by atoms with E-state index in [9.17, 15) is 4.79 Å². The minimum atomic E-state index is 0.227. The number of likely N-dealkylation sites (tertiary alicyclic amines) is 1. The maximum Gasteiger partial charge on any atom is 0.227 e. The average molecular weight is 276 g/mol. The van der Waals surface area contributed by atoms with Gasteiger partial charge < -0.3 is 4.90 Å². The molecular weight excluding hydrogens is 260 g/mol. The molecule has 0 atom stereocenters. The van der Waals surface area contributed by atoms with Crippen LogP contribution in [0, 0.1) is 0 Å². The Morgan fingerprint density at radius 1 is 1.32 bits per heavy atom. The van der Waals surface area contributed by atoms with Crippen LogP contribution >= 0.6 is 11.3 Å². The molecule has 1 amide bonds. The van der Waals surface area contributed by atoms with Crippen molar-refractivity contribution in [2.75, 3.05) is 13.1 Å². The molecule has 0 spiro atoms. The van der Waals surface area contributed by atoms with Gasteiger partial charge in [-0.1, -0.05) is 0 Å². The molecule has 0 bridgehead atoms. The number of thiophene rings is 1. The van der Waals surface area contributed by atoms with Gasteiger partial charge in [-0.2, -0.15) is 26.3 Å². The highest BCUT2D eigenvalue weighted by atomic mass is 32.1. The van der Waals surface area contributed by atoms with Crippen LogP contribution in [0.3, 0.4) is 0 Å². The molecule has 0 saturated carbocycles. The second-order valence-electron chi connectivity index (χ2n) is 4.77. The number of carbonyl (C=O) groups is 1. The molecule has 1 aliphatic rings. The highest BCUT2D eigenvalue weighted by molar-refractivity contribution is 7.07. The van der Waals surface area contributed by atoms with Gasteiger partial charge in [0.2, 0.25) is 5.91 Å². The summed E-state index contributed by atoms with van der Waals surface area (Å²) in [5.41, 5.74) is 1.12. The fraction of sp³-hybridized carbons (Fsp3) is 0.462. The Hall–Kier alpha value is -1.69. The SMILES string of the molecule is O=C(Cc1ccsc1)N1CCC(n2nccn2)CC1. The van der Waals surface area contributed by atoms with Crippen molar-refractivity contribution in [3.8, 4) is 0 Å². The molecule has 2 aromatic rings. The third-order valence-corrected chi connectivity index (χ3v) is 4.25. The molecule has 0 aromatic carbocycles. The van der Waals surface area contributed by atoms with Gasteiger partial charge in [-0.3, -0.25) is 4.79 Å². The lowest BCUT2D eigenvalue weighted by Gasteiger charge is -2.31. The standard InChI is InChI=1S/C13H16N4OS/c18-13(9-11-3-8-19-10-11)16-6-1-12(2-7-16)17-14-4-5-15-17/h3-5,8,10,12H,1-2,6-7,9H2. The van der Waals surface area contributed by atoms with Crippen LogP contribution in [0.15, 0.2) is 29.2 Å². The van der Waals surface area contributed by atoms with E-state index in [1.54, 1.807) is 28.5 Å². The topological polar surface area (TPSA) is 51.0 Å². The number of nitrogens with zero attached hydrogens (tertiary/aromatic N) is 4. The Balaban J connectivity index is 1.54. The number of hydrogen-bond donors (Lipinski definition) is 0. The molecular formula is C13H16N4OS. The van der Waals surface area contributed by atoms with E-state index in [4.69, 9.17) is 0 Å². The highest BCUT2D eigenvalue weighted by Crippen LogP contribution is 2.21. The Labute approximate surface area is 115 Å². The third-order valence-electron chi connectivity index (χ3n) is 3.52. The molecule has 3 rings (SSSR count). The number of amides is 1. The largest absolute Gasteiger partial charge is 0.342 e. The highest BCUT2D eigenvalue weighted by Gasteiger charge is 2.24. The Kier molecular flexibility index (Phi) is 3.59. The molecule has 1 saturated heterocycles. The van der Waals surface area contributed by atoms with E-state index in [1.807, 2.05) is 21.7 Å². The maximum absolute atomic E-state index is 12.2. The number of rotatable bonds is 3. The van der Waals surface area contributed by atoms with Gasteiger partial charge in [-0.05, 0) is 35.2 Å². The van der Waals surface area contributed by atoms with Gasteiger partial charge >= 0.3 is 0 Å². The first kappa shape index (κ1) is 12.3. The van der Waals surface area contributed by atoms with Crippen molar-refractivity contribution in [2.24, 2.45) is 0 Å². The van der Waals surface area contributed by atoms with Gasteiger partial charge in [-0.15, -0.1) is 0 Å². The third kappa shape index (κ3) is 2.84. The van der Waals surface area contributed by atoms with Crippen LogP contribution in [0.1, 0.15) is 24.4 Å². The number of aromatic nitrogens is 3. The molecule has 0 radical (unpaired) electrons. The summed E-state index contributed by atoms with van der Waals surface area (Å²) in [6, 6.07) is 2.35. The molecule has 0 aliphatic carbocycles. The molecule has 5 nitrogen and oxygen atoms in total. The molecule has 19 heavy (non-hydrogen) atoms. The lowest BCUT2D eigenvalue weighted by molar-refractivity contribution is -0.131. The summed E-state index contributed by atoms with van der Waals surface area (Å²) < 4.78 is 0. The molecule has 0 N–H and O–H groups in total. The molecule has 1 fully saturated rings. The van der Waals surface area contributed by atoms with E-state index in [-0.39, 0.29) is 5.91 Å². The van der Waals surface area contributed by atoms with Crippen molar-refractivity contribution in [3.05, 3.63) is 34.8 Å². The summed E-state index contributed by atoms with van der Waals surface area (Å²) >= 11 is 1.64. The van der Waals surface area contributed by atoms with Gasteiger partial charge in [0.25, 0.3) is 0 Å². The summed E-state index contributed by atoms with van der Waals surface area (Å²) in [7, 11) is 0. The zero-order valence-electron chi connectivity index (χ0n) is 10.6. The molecule has 6 heteroatoms. The van der Waals surface area contributed by atoms with Crippen LogP contribution in [-0.2, 0) is 11.2 Å². The first-order chi connectivity index (χ1) is 9.33. The predicted octanol–water partition coefficient (Wildman–Crippen LogP) is 1.75. The smallest absolute Gasteiger partial charge is 0.227 e. The van der Waals surface area contributed by atoms with Gasteiger partial charge in [0, 0.05) is 13.1 Å². The van der Waals surface area contributed by atoms with Crippen molar-refractivity contribution >= 4 is 17.2 Å². The van der Waals surface area contributed by atoms with Gasteiger partial charge in [0.15, 0.2) is 0 Å². The van der Waals surface area contributed by atoms with E-state index < -0.39 is 0 Å². The summed E-state index contributed by atoms with van der Waals surface area (Å²) in [5, 5.41) is 12.4. The monoisotopic (exact) mass is 276 g/mol. The average Bonchev–Trinajstić information content (AvgIpc) is 3.12. The second kappa shape index (κ2) is 5.52. The van der Waals surface area contributed by atoms with Gasteiger partial charge in [0.1, 0.15) is 0 Å². The van der Waals surface area contributed by atoms with Crippen LogP contribution < -0.4 is 0 Å². The van der Waals surface area contributed by atoms with Crippen molar-refractivity contribution in [3.63, 3.8) is 0 Å².